The van der Waals surface area contributed by atoms with Crippen LogP contribution in [0.1, 0.15) is 43.2 Å². The lowest BCUT2D eigenvalue weighted by molar-refractivity contribution is -0.0399. The van der Waals surface area contributed by atoms with Gasteiger partial charge in [-0.25, -0.2) is 0 Å². The molecule has 1 spiro atoms. The van der Waals surface area contributed by atoms with Crippen LogP contribution in [0, 0.1) is 23.7 Å². The van der Waals surface area contributed by atoms with E-state index < -0.39 is 0 Å². The van der Waals surface area contributed by atoms with Gasteiger partial charge >= 0.3 is 0 Å². The summed E-state index contributed by atoms with van der Waals surface area (Å²) in [5.74, 6) is 3.28. The fourth-order valence-corrected chi connectivity index (χ4v) is 12.1. The lowest BCUT2D eigenvalue weighted by Crippen LogP contribution is -2.55. The second-order valence-corrected chi connectivity index (χ2v) is 16.6. The molecule has 260 valence electrons. The Kier molecular flexibility index (Phi) is 6.55. The summed E-state index contributed by atoms with van der Waals surface area (Å²) in [4.78, 5) is 2.52. The van der Waals surface area contributed by atoms with E-state index in [0.29, 0.717) is 0 Å². The lowest BCUT2D eigenvalue weighted by atomic mass is 9.43. The van der Waals surface area contributed by atoms with E-state index in [-0.39, 0.29) is 5.41 Å². The van der Waals surface area contributed by atoms with Gasteiger partial charge in [0, 0.05) is 38.9 Å². The molecule has 0 saturated heterocycles. The van der Waals surface area contributed by atoms with Gasteiger partial charge in [0.15, 0.2) is 0 Å². The van der Waals surface area contributed by atoms with Gasteiger partial charge in [-0.3, -0.25) is 0 Å². The maximum atomic E-state index is 2.62. The number of fused-ring (bicyclic) bond motifs is 6. The molecule has 1 aromatic heterocycles. The van der Waals surface area contributed by atoms with Crippen LogP contribution in [0.4, 0.5) is 17.1 Å². The molecule has 7 aromatic carbocycles. The maximum absolute atomic E-state index is 2.62. The van der Waals surface area contributed by atoms with Crippen LogP contribution in [0.3, 0.4) is 0 Å². The largest absolute Gasteiger partial charge is 0.310 e. The number of nitrogens with zero attached hydrogens (tertiary/aromatic N) is 2. The molecule has 4 fully saturated rings. The molecule has 0 radical (unpaired) electrons. The first kappa shape index (κ1) is 30.6. The van der Waals surface area contributed by atoms with Crippen LogP contribution in [-0.4, -0.2) is 4.57 Å². The van der Waals surface area contributed by atoms with Crippen molar-refractivity contribution in [3.8, 4) is 27.9 Å². The van der Waals surface area contributed by atoms with E-state index in [0.717, 1.165) is 23.7 Å². The second-order valence-electron chi connectivity index (χ2n) is 16.6. The normalized spacial score (nSPS) is 23.3. The highest BCUT2D eigenvalue weighted by molar-refractivity contribution is 6.10. The molecular weight excluding hydrogens is 653 g/mol. The summed E-state index contributed by atoms with van der Waals surface area (Å²) < 4.78 is 2.44. The van der Waals surface area contributed by atoms with Gasteiger partial charge in [0.1, 0.15) is 0 Å². The number of anilines is 3. The molecule has 4 saturated carbocycles. The molecule has 0 N–H and O–H groups in total. The van der Waals surface area contributed by atoms with Crippen molar-refractivity contribution in [2.45, 2.75) is 37.5 Å². The van der Waals surface area contributed by atoms with E-state index in [1.54, 1.807) is 11.1 Å². The quantitative estimate of drug-likeness (QED) is 0.174. The third-order valence-corrected chi connectivity index (χ3v) is 14.0. The predicted molar refractivity (Wildman–Crippen MR) is 224 cm³/mol. The number of para-hydroxylation sites is 2. The Hall–Kier alpha value is -5.86. The highest BCUT2D eigenvalue weighted by Crippen LogP contribution is 2.69. The Morgan fingerprint density at radius 2 is 1.00 bits per heavy atom. The van der Waals surface area contributed by atoms with Crippen LogP contribution in [0.2, 0.25) is 0 Å². The standard InChI is InChI=1S/C52H42N2/c1-3-11-36(12-4-1)37-19-21-41(22-20-37)53(43-24-26-47-46-16-8-10-18-50(46)54(51(47)33-43)40-13-5-2-6-14-40)42-23-25-45-44-15-7-9-17-48(44)52(49(45)32-42)38-28-34-27-35(30-38)31-39(52)29-34/h1-26,32-35,38-39H,27-31H2. The summed E-state index contributed by atoms with van der Waals surface area (Å²) in [6, 6.07) is 63.7. The molecule has 2 heteroatoms. The van der Waals surface area contributed by atoms with E-state index in [2.05, 4.69) is 179 Å². The first-order chi connectivity index (χ1) is 26.7. The molecule has 8 aromatic rings. The number of hydrogen-bond acceptors (Lipinski definition) is 1. The monoisotopic (exact) mass is 694 g/mol. The van der Waals surface area contributed by atoms with Crippen LogP contribution in [0.25, 0.3) is 49.7 Å². The molecule has 5 aliphatic rings. The maximum Gasteiger partial charge on any atom is 0.0561 e. The molecule has 0 aliphatic heterocycles. The summed E-state index contributed by atoms with van der Waals surface area (Å²) in [5, 5.41) is 2.55. The molecule has 54 heavy (non-hydrogen) atoms. The van der Waals surface area contributed by atoms with Crippen molar-refractivity contribution < 1.29 is 0 Å². The first-order valence-corrected chi connectivity index (χ1v) is 20.0. The van der Waals surface area contributed by atoms with Crippen molar-refractivity contribution in [3.63, 3.8) is 0 Å². The fraction of sp³-hybridized carbons (Fsp3) is 0.192. The molecule has 1 heterocycles. The lowest BCUT2D eigenvalue weighted by Gasteiger charge is -2.61. The van der Waals surface area contributed by atoms with Crippen LogP contribution in [0.5, 0.6) is 0 Å². The van der Waals surface area contributed by atoms with Crippen LogP contribution >= 0.6 is 0 Å². The van der Waals surface area contributed by atoms with Gasteiger partial charge in [-0.1, -0.05) is 115 Å². The zero-order valence-electron chi connectivity index (χ0n) is 30.4. The number of benzene rings is 7. The third kappa shape index (κ3) is 4.28. The molecule has 0 atom stereocenters. The second kappa shape index (κ2) is 11.6. The topological polar surface area (TPSA) is 8.17 Å². The van der Waals surface area contributed by atoms with E-state index in [9.17, 15) is 0 Å². The summed E-state index contributed by atoms with van der Waals surface area (Å²) in [6.45, 7) is 0. The molecule has 0 amide bonds. The van der Waals surface area contributed by atoms with Gasteiger partial charge in [-0.05, 0) is 144 Å². The van der Waals surface area contributed by atoms with Crippen LogP contribution in [0.15, 0.2) is 170 Å². The smallest absolute Gasteiger partial charge is 0.0561 e. The number of aromatic nitrogens is 1. The zero-order valence-corrected chi connectivity index (χ0v) is 30.4. The molecule has 5 aliphatic carbocycles. The van der Waals surface area contributed by atoms with Gasteiger partial charge in [-0.2, -0.15) is 0 Å². The van der Waals surface area contributed by atoms with Gasteiger partial charge in [0.2, 0.25) is 0 Å². The highest BCUT2D eigenvalue weighted by atomic mass is 15.1. The minimum atomic E-state index is 0.113. The van der Waals surface area contributed by atoms with Gasteiger partial charge in [0.25, 0.3) is 0 Å². The SMILES string of the molecule is c1ccc(-c2ccc(N(c3ccc4c(c3)C3(c5ccccc5-4)C4CC5CC(C4)CC3C5)c3ccc4c5ccccc5n(-c5ccccc5)c4c3)cc2)cc1. The molecular formula is C52H42N2. The average molecular weight is 695 g/mol. The van der Waals surface area contributed by atoms with E-state index in [1.807, 2.05) is 0 Å². The Balaban J connectivity index is 1.08. The zero-order chi connectivity index (χ0) is 35.4. The van der Waals surface area contributed by atoms with Crippen LogP contribution < -0.4 is 4.90 Å². The third-order valence-electron chi connectivity index (χ3n) is 14.0. The summed E-state index contributed by atoms with van der Waals surface area (Å²) in [5.41, 5.74) is 15.9. The molecule has 4 bridgehead atoms. The Morgan fingerprint density at radius 1 is 0.426 bits per heavy atom. The summed E-state index contributed by atoms with van der Waals surface area (Å²) >= 11 is 0. The van der Waals surface area contributed by atoms with Crippen molar-refractivity contribution >= 4 is 38.9 Å². The minimum absolute atomic E-state index is 0.113. The van der Waals surface area contributed by atoms with Gasteiger partial charge in [-0.15, -0.1) is 0 Å². The fourth-order valence-electron chi connectivity index (χ4n) is 12.1. The van der Waals surface area contributed by atoms with Gasteiger partial charge in [0.05, 0.1) is 11.0 Å². The highest BCUT2D eigenvalue weighted by Gasteiger charge is 2.61. The van der Waals surface area contributed by atoms with Crippen LogP contribution in [-0.2, 0) is 5.41 Å². The average Bonchev–Trinajstić information content (AvgIpc) is 3.71. The summed E-state index contributed by atoms with van der Waals surface area (Å²) in [6.07, 6.45) is 7.01. The Bertz CT molecular complexity index is 2690. The van der Waals surface area contributed by atoms with Gasteiger partial charge < -0.3 is 9.47 Å². The predicted octanol–water partition coefficient (Wildman–Crippen LogP) is 13.6. The number of rotatable bonds is 5. The van der Waals surface area contributed by atoms with Crippen molar-refractivity contribution in [3.05, 3.63) is 181 Å². The summed E-state index contributed by atoms with van der Waals surface area (Å²) in [7, 11) is 0. The van der Waals surface area contributed by atoms with Crippen molar-refractivity contribution in [2.75, 3.05) is 4.90 Å². The Labute approximate surface area is 317 Å². The minimum Gasteiger partial charge on any atom is -0.310 e. The number of hydrogen-bond donors (Lipinski definition) is 0. The van der Waals surface area contributed by atoms with E-state index in [4.69, 9.17) is 0 Å². The van der Waals surface area contributed by atoms with Crippen molar-refractivity contribution in [1.82, 2.24) is 4.57 Å². The van der Waals surface area contributed by atoms with Crippen molar-refractivity contribution in [1.29, 1.82) is 0 Å². The van der Waals surface area contributed by atoms with E-state index in [1.165, 1.54) is 98.9 Å². The van der Waals surface area contributed by atoms with Crippen molar-refractivity contribution in [2.24, 2.45) is 23.7 Å². The van der Waals surface area contributed by atoms with E-state index >= 15 is 0 Å². The first-order valence-electron chi connectivity index (χ1n) is 20.0. The molecule has 13 rings (SSSR count). The Morgan fingerprint density at radius 3 is 1.78 bits per heavy atom. The molecule has 2 nitrogen and oxygen atoms in total. The molecule has 0 unspecified atom stereocenters.